The molecule has 12 heteroatoms. The SMILES string of the molecule is [C-]#[N+]C(CCO)(CCO)c1cccc(COc2nc(N)nc(-c3ccc(F)cc3)c2-c2cc(C)nc(C(F)F)c2)n1. The highest BCUT2D eigenvalue weighted by Crippen LogP contribution is 2.39. The zero-order valence-electron chi connectivity index (χ0n) is 22.1. The van der Waals surface area contributed by atoms with Crippen LogP contribution in [-0.4, -0.2) is 43.4 Å². The van der Waals surface area contributed by atoms with Crippen LogP contribution >= 0.6 is 0 Å². The highest BCUT2D eigenvalue weighted by Gasteiger charge is 2.39. The van der Waals surface area contributed by atoms with Gasteiger partial charge in [0.15, 0.2) is 0 Å². The number of anilines is 1. The van der Waals surface area contributed by atoms with E-state index in [0.29, 0.717) is 28.2 Å². The van der Waals surface area contributed by atoms with Crippen molar-refractivity contribution in [3.8, 4) is 28.3 Å². The van der Waals surface area contributed by atoms with Crippen LogP contribution in [0.1, 0.15) is 42.0 Å². The number of alkyl halides is 2. The van der Waals surface area contributed by atoms with Crippen molar-refractivity contribution in [2.45, 2.75) is 38.3 Å². The Hall–Kier alpha value is -4.60. The van der Waals surface area contributed by atoms with E-state index in [2.05, 4.69) is 24.8 Å². The van der Waals surface area contributed by atoms with Gasteiger partial charge in [-0.05, 0) is 61.0 Å². The van der Waals surface area contributed by atoms with E-state index in [4.69, 9.17) is 17.0 Å². The lowest BCUT2D eigenvalue weighted by molar-refractivity contribution is 0.146. The monoisotopic (exact) mass is 564 g/mol. The number of ether oxygens (including phenoxy) is 1. The molecule has 4 N–H and O–H groups in total. The van der Waals surface area contributed by atoms with Gasteiger partial charge in [0, 0.05) is 11.3 Å². The van der Waals surface area contributed by atoms with Gasteiger partial charge in [-0.2, -0.15) is 4.98 Å². The predicted molar refractivity (Wildman–Crippen MR) is 145 cm³/mol. The fourth-order valence-corrected chi connectivity index (χ4v) is 4.47. The molecule has 4 rings (SSSR count). The third kappa shape index (κ3) is 6.59. The molecule has 0 fully saturated rings. The average molecular weight is 565 g/mol. The number of aliphatic hydroxyl groups excluding tert-OH is 2. The van der Waals surface area contributed by atoms with Crippen LogP contribution in [0.5, 0.6) is 5.88 Å². The van der Waals surface area contributed by atoms with Gasteiger partial charge in [-0.25, -0.2) is 29.7 Å². The molecule has 1 aromatic carbocycles. The Balaban J connectivity index is 1.81. The molecule has 0 saturated carbocycles. The van der Waals surface area contributed by atoms with Gasteiger partial charge in [-0.3, -0.25) is 4.98 Å². The molecule has 0 aliphatic heterocycles. The third-order valence-corrected chi connectivity index (χ3v) is 6.40. The lowest BCUT2D eigenvalue weighted by atomic mass is 9.88. The highest BCUT2D eigenvalue weighted by atomic mass is 19.3. The first-order chi connectivity index (χ1) is 19.7. The molecule has 0 bridgehead atoms. The van der Waals surface area contributed by atoms with Crippen LogP contribution in [0, 0.1) is 19.3 Å². The number of halogens is 3. The minimum Gasteiger partial charge on any atom is -0.471 e. The van der Waals surface area contributed by atoms with Gasteiger partial charge in [-0.15, -0.1) is 0 Å². The van der Waals surface area contributed by atoms with Crippen LogP contribution in [0.4, 0.5) is 19.1 Å². The summed E-state index contributed by atoms with van der Waals surface area (Å²) in [7, 11) is 0. The molecule has 0 aliphatic carbocycles. The van der Waals surface area contributed by atoms with Gasteiger partial charge in [0.05, 0.1) is 43.0 Å². The van der Waals surface area contributed by atoms with E-state index in [-0.39, 0.29) is 55.7 Å². The Morgan fingerprint density at radius 3 is 2.32 bits per heavy atom. The summed E-state index contributed by atoms with van der Waals surface area (Å²) in [5.74, 6) is -0.669. The van der Waals surface area contributed by atoms with Crippen molar-refractivity contribution in [2.24, 2.45) is 0 Å². The van der Waals surface area contributed by atoms with E-state index >= 15 is 0 Å². The van der Waals surface area contributed by atoms with Crippen LogP contribution in [0.15, 0.2) is 54.6 Å². The summed E-state index contributed by atoms with van der Waals surface area (Å²) in [5.41, 5.74) is 6.63. The molecule has 41 heavy (non-hydrogen) atoms. The number of hydrogen-bond donors (Lipinski definition) is 3. The highest BCUT2D eigenvalue weighted by molar-refractivity contribution is 5.85. The number of nitrogens with two attached hydrogens (primary N) is 1. The van der Waals surface area contributed by atoms with E-state index in [0.717, 1.165) is 0 Å². The van der Waals surface area contributed by atoms with Crippen molar-refractivity contribution < 1.29 is 28.1 Å². The lowest BCUT2D eigenvalue weighted by Gasteiger charge is -2.20. The van der Waals surface area contributed by atoms with Crippen molar-refractivity contribution in [1.29, 1.82) is 0 Å². The standard InChI is InChI=1S/C29H27F3N6O3/c1-17-14-19(15-22(35-17)26(31)32)24-25(18-6-8-20(30)9-7-18)37-28(33)38-27(24)41-16-21-4-3-5-23(36-21)29(34-2,10-12-39)11-13-40/h3-9,14-15,26,39-40H,10-13,16H2,1H3,(H2,33,37,38). The first kappa shape index (κ1) is 29.4. The third-order valence-electron chi connectivity index (χ3n) is 6.40. The number of aromatic nitrogens is 4. The van der Waals surface area contributed by atoms with E-state index in [1.807, 2.05) is 0 Å². The summed E-state index contributed by atoms with van der Waals surface area (Å²) in [4.78, 5) is 20.7. The number of pyridine rings is 2. The van der Waals surface area contributed by atoms with Gasteiger partial charge in [0.2, 0.25) is 11.8 Å². The molecule has 0 spiro atoms. The summed E-state index contributed by atoms with van der Waals surface area (Å²) in [6.07, 6.45) is -2.68. The van der Waals surface area contributed by atoms with Gasteiger partial charge < -0.3 is 25.5 Å². The summed E-state index contributed by atoms with van der Waals surface area (Å²) in [6, 6.07) is 13.2. The maximum Gasteiger partial charge on any atom is 0.280 e. The van der Waals surface area contributed by atoms with Gasteiger partial charge in [-0.1, -0.05) is 6.07 Å². The molecule has 4 aromatic rings. The van der Waals surface area contributed by atoms with Crippen molar-refractivity contribution >= 4 is 5.95 Å². The van der Waals surface area contributed by atoms with Crippen molar-refractivity contribution in [2.75, 3.05) is 18.9 Å². The van der Waals surface area contributed by atoms with Crippen molar-refractivity contribution in [3.63, 3.8) is 0 Å². The first-order valence-corrected chi connectivity index (χ1v) is 12.6. The Labute approximate surface area is 234 Å². The quantitative estimate of drug-likeness (QED) is 0.216. The molecule has 0 amide bonds. The second-order valence-corrected chi connectivity index (χ2v) is 9.23. The van der Waals surface area contributed by atoms with Crippen LogP contribution in [0.2, 0.25) is 0 Å². The number of nitrogen functional groups attached to an aromatic ring is 1. The minimum atomic E-state index is -2.84. The Morgan fingerprint density at radius 2 is 1.68 bits per heavy atom. The van der Waals surface area contributed by atoms with Gasteiger partial charge in [0.25, 0.3) is 12.0 Å². The van der Waals surface area contributed by atoms with Crippen molar-refractivity contribution in [1.82, 2.24) is 19.9 Å². The van der Waals surface area contributed by atoms with Gasteiger partial charge in [0.1, 0.15) is 23.8 Å². The number of nitrogens with zero attached hydrogens (tertiary/aromatic N) is 5. The minimum absolute atomic E-state index is 0.0306. The van der Waals surface area contributed by atoms with E-state index < -0.39 is 23.5 Å². The molecule has 9 nitrogen and oxygen atoms in total. The number of hydrogen-bond acceptors (Lipinski definition) is 8. The van der Waals surface area contributed by atoms with Crippen LogP contribution in [-0.2, 0) is 12.1 Å². The first-order valence-electron chi connectivity index (χ1n) is 12.6. The zero-order chi connectivity index (χ0) is 29.6. The summed E-state index contributed by atoms with van der Waals surface area (Å²) < 4.78 is 47.1. The fourth-order valence-electron chi connectivity index (χ4n) is 4.47. The van der Waals surface area contributed by atoms with Crippen LogP contribution in [0.25, 0.3) is 27.2 Å². The predicted octanol–water partition coefficient (Wildman–Crippen LogP) is 5.03. The summed E-state index contributed by atoms with van der Waals surface area (Å²) >= 11 is 0. The van der Waals surface area contributed by atoms with E-state index in [1.54, 1.807) is 31.2 Å². The normalized spacial score (nSPS) is 11.5. The Kier molecular flexibility index (Phi) is 9.11. The number of aliphatic hydroxyl groups is 2. The molecule has 0 atom stereocenters. The second-order valence-electron chi connectivity index (χ2n) is 9.23. The topological polar surface area (TPSA) is 132 Å². The van der Waals surface area contributed by atoms with E-state index in [1.165, 1.54) is 30.3 Å². The average Bonchev–Trinajstić information content (AvgIpc) is 2.95. The zero-order valence-corrected chi connectivity index (χ0v) is 22.1. The smallest absolute Gasteiger partial charge is 0.280 e. The molecular formula is C29H27F3N6O3. The summed E-state index contributed by atoms with van der Waals surface area (Å²) in [6.45, 7) is 8.58. The number of benzene rings is 1. The Morgan fingerprint density at radius 1 is 0.976 bits per heavy atom. The lowest BCUT2D eigenvalue weighted by Crippen LogP contribution is -2.26. The molecule has 3 aromatic heterocycles. The largest absolute Gasteiger partial charge is 0.471 e. The molecule has 3 heterocycles. The second kappa shape index (κ2) is 12.7. The molecular weight excluding hydrogens is 537 g/mol. The van der Waals surface area contributed by atoms with E-state index in [9.17, 15) is 23.4 Å². The van der Waals surface area contributed by atoms with Crippen LogP contribution in [0.3, 0.4) is 0 Å². The number of rotatable bonds is 11. The number of aryl methyl sites for hydroxylation is 1. The van der Waals surface area contributed by atoms with Crippen LogP contribution < -0.4 is 10.5 Å². The molecule has 0 aliphatic rings. The summed E-state index contributed by atoms with van der Waals surface area (Å²) in [5, 5.41) is 19.1. The molecule has 0 unspecified atom stereocenters. The van der Waals surface area contributed by atoms with Crippen molar-refractivity contribution in [3.05, 3.63) is 94.6 Å². The molecule has 0 radical (unpaired) electrons. The molecule has 0 saturated heterocycles. The fraction of sp³-hybridized carbons (Fsp3) is 0.276. The van der Waals surface area contributed by atoms with Gasteiger partial charge >= 0.3 is 0 Å². The molecule has 212 valence electrons. The Bertz CT molecular complexity index is 1550. The maximum atomic E-state index is 13.7. The maximum absolute atomic E-state index is 13.7.